The fraction of sp³-hybridized carbons (Fsp3) is 0.533. The fourth-order valence-electron chi connectivity index (χ4n) is 2.93. The molecule has 0 aliphatic heterocycles. The standard InChI is InChI=1S/C15H19NO2S/c1-11-5-6-13(7-12(11)2)19(17,18)15(10-16)8-14(3,4)9-15/h5-7H,8-9H2,1-4H3. The van der Waals surface area contributed by atoms with E-state index in [0.717, 1.165) is 11.1 Å². The highest BCUT2D eigenvalue weighted by molar-refractivity contribution is 7.93. The van der Waals surface area contributed by atoms with Crippen molar-refractivity contribution in [3.05, 3.63) is 29.3 Å². The molecule has 4 heteroatoms. The Bertz CT molecular complexity index is 658. The van der Waals surface area contributed by atoms with E-state index in [1.165, 1.54) is 0 Å². The average Bonchev–Trinajstić information content (AvgIpc) is 2.28. The normalized spacial score (nSPS) is 20.4. The molecule has 19 heavy (non-hydrogen) atoms. The molecule has 0 saturated heterocycles. The van der Waals surface area contributed by atoms with Gasteiger partial charge in [-0.3, -0.25) is 0 Å². The molecular weight excluding hydrogens is 258 g/mol. The summed E-state index contributed by atoms with van der Waals surface area (Å²) in [4.78, 5) is 0.271. The highest BCUT2D eigenvalue weighted by Gasteiger charge is 2.58. The van der Waals surface area contributed by atoms with Crippen LogP contribution in [-0.2, 0) is 9.84 Å². The molecule has 0 aromatic heterocycles. The van der Waals surface area contributed by atoms with Crippen LogP contribution < -0.4 is 0 Å². The molecule has 1 aliphatic carbocycles. The number of hydrogen-bond acceptors (Lipinski definition) is 3. The van der Waals surface area contributed by atoms with Crippen LogP contribution in [0.25, 0.3) is 0 Å². The van der Waals surface area contributed by atoms with E-state index in [4.69, 9.17) is 0 Å². The summed E-state index contributed by atoms with van der Waals surface area (Å²) in [5.74, 6) is 0. The lowest BCUT2D eigenvalue weighted by atomic mass is 9.64. The molecule has 0 spiro atoms. The third kappa shape index (κ3) is 2.06. The Morgan fingerprint density at radius 2 is 1.74 bits per heavy atom. The first-order valence-corrected chi connectivity index (χ1v) is 7.85. The van der Waals surface area contributed by atoms with Crippen molar-refractivity contribution in [2.75, 3.05) is 0 Å². The van der Waals surface area contributed by atoms with E-state index in [2.05, 4.69) is 6.07 Å². The number of benzene rings is 1. The smallest absolute Gasteiger partial charge is 0.197 e. The van der Waals surface area contributed by atoms with Gasteiger partial charge in [-0.05, 0) is 55.4 Å². The predicted molar refractivity (Wildman–Crippen MR) is 74.5 cm³/mol. The zero-order valence-electron chi connectivity index (χ0n) is 11.8. The molecule has 3 nitrogen and oxygen atoms in total. The molecule has 0 atom stereocenters. The summed E-state index contributed by atoms with van der Waals surface area (Å²) in [6, 6.07) is 7.15. The van der Waals surface area contributed by atoms with E-state index < -0.39 is 14.6 Å². The fourth-order valence-corrected chi connectivity index (χ4v) is 5.24. The second-order valence-corrected chi connectivity index (χ2v) is 8.63. The first-order chi connectivity index (χ1) is 8.63. The molecule has 1 aromatic carbocycles. The van der Waals surface area contributed by atoms with Crippen molar-refractivity contribution in [2.45, 2.75) is 50.2 Å². The van der Waals surface area contributed by atoms with Gasteiger partial charge in [0.2, 0.25) is 0 Å². The molecule has 0 unspecified atom stereocenters. The van der Waals surface area contributed by atoms with Gasteiger partial charge in [-0.25, -0.2) is 8.42 Å². The average molecular weight is 277 g/mol. The molecule has 0 amide bonds. The maximum atomic E-state index is 12.7. The van der Waals surface area contributed by atoms with Crippen LogP contribution in [0, 0.1) is 30.6 Å². The van der Waals surface area contributed by atoms with Crippen LogP contribution in [0.15, 0.2) is 23.1 Å². The summed E-state index contributed by atoms with van der Waals surface area (Å²) in [6.45, 7) is 7.83. The Hall–Kier alpha value is -1.34. The zero-order valence-corrected chi connectivity index (χ0v) is 12.6. The topological polar surface area (TPSA) is 57.9 Å². The number of rotatable bonds is 2. The Labute approximate surface area is 115 Å². The summed E-state index contributed by atoms with van der Waals surface area (Å²) in [5, 5.41) is 9.36. The number of nitriles is 1. The van der Waals surface area contributed by atoms with E-state index in [-0.39, 0.29) is 10.3 Å². The highest BCUT2D eigenvalue weighted by Crippen LogP contribution is 2.53. The molecule has 0 bridgehead atoms. The van der Waals surface area contributed by atoms with Gasteiger partial charge in [0.15, 0.2) is 14.6 Å². The van der Waals surface area contributed by atoms with Crippen molar-refractivity contribution in [1.82, 2.24) is 0 Å². The highest BCUT2D eigenvalue weighted by atomic mass is 32.2. The Morgan fingerprint density at radius 1 is 1.16 bits per heavy atom. The van der Waals surface area contributed by atoms with Gasteiger partial charge in [-0.2, -0.15) is 5.26 Å². The van der Waals surface area contributed by atoms with Crippen molar-refractivity contribution in [3.8, 4) is 6.07 Å². The van der Waals surface area contributed by atoms with Gasteiger partial charge in [0.05, 0.1) is 11.0 Å². The zero-order chi connectivity index (χ0) is 14.5. The maximum Gasteiger partial charge on any atom is 0.197 e. The summed E-state index contributed by atoms with van der Waals surface area (Å²) in [5.41, 5.74) is 1.93. The minimum atomic E-state index is -3.59. The molecule has 1 aliphatic rings. The lowest BCUT2D eigenvalue weighted by Crippen LogP contribution is -2.53. The van der Waals surface area contributed by atoms with Gasteiger partial charge < -0.3 is 0 Å². The minimum absolute atomic E-state index is 0.0669. The summed E-state index contributed by atoms with van der Waals surface area (Å²) in [7, 11) is -3.59. The van der Waals surface area contributed by atoms with Gasteiger partial charge >= 0.3 is 0 Å². The number of hydrogen-bond donors (Lipinski definition) is 0. The lowest BCUT2D eigenvalue weighted by molar-refractivity contribution is 0.154. The van der Waals surface area contributed by atoms with Gasteiger partial charge in [-0.1, -0.05) is 19.9 Å². The van der Waals surface area contributed by atoms with Crippen LogP contribution in [0.4, 0.5) is 0 Å². The van der Waals surface area contributed by atoms with E-state index >= 15 is 0 Å². The number of sulfone groups is 1. The van der Waals surface area contributed by atoms with Crippen molar-refractivity contribution >= 4 is 9.84 Å². The minimum Gasteiger partial charge on any atom is -0.222 e. The van der Waals surface area contributed by atoms with Crippen LogP contribution in [0.3, 0.4) is 0 Å². The SMILES string of the molecule is Cc1ccc(S(=O)(=O)C2(C#N)CC(C)(C)C2)cc1C. The van der Waals surface area contributed by atoms with Crippen molar-refractivity contribution in [1.29, 1.82) is 5.26 Å². The molecule has 102 valence electrons. The van der Waals surface area contributed by atoms with E-state index in [9.17, 15) is 13.7 Å². The molecule has 1 saturated carbocycles. The Kier molecular flexibility index (Phi) is 3.02. The summed E-state index contributed by atoms with van der Waals surface area (Å²) >= 11 is 0. The second-order valence-electron chi connectivity index (χ2n) is 6.37. The van der Waals surface area contributed by atoms with Gasteiger partial charge in [0.1, 0.15) is 0 Å². The molecule has 1 fully saturated rings. The first kappa shape index (κ1) is 14.1. The molecule has 2 rings (SSSR count). The van der Waals surface area contributed by atoms with Crippen molar-refractivity contribution < 1.29 is 8.42 Å². The predicted octanol–water partition coefficient (Wildman–Crippen LogP) is 3.16. The molecule has 0 N–H and O–H groups in total. The van der Waals surface area contributed by atoms with Gasteiger partial charge in [0.25, 0.3) is 0 Å². The second kappa shape index (κ2) is 4.08. The first-order valence-electron chi connectivity index (χ1n) is 6.37. The van der Waals surface area contributed by atoms with Crippen LogP contribution >= 0.6 is 0 Å². The summed E-state index contributed by atoms with van der Waals surface area (Å²) < 4.78 is 24.2. The van der Waals surface area contributed by atoms with Gasteiger partial charge in [0, 0.05) is 0 Å². The molecular formula is C15H19NO2S. The Morgan fingerprint density at radius 3 is 2.16 bits per heavy atom. The van der Waals surface area contributed by atoms with Crippen molar-refractivity contribution in [2.24, 2.45) is 5.41 Å². The monoisotopic (exact) mass is 277 g/mol. The number of nitrogens with zero attached hydrogens (tertiary/aromatic N) is 1. The van der Waals surface area contributed by atoms with Crippen LogP contribution in [0.2, 0.25) is 0 Å². The quantitative estimate of drug-likeness (QED) is 0.834. The van der Waals surface area contributed by atoms with Gasteiger partial charge in [-0.15, -0.1) is 0 Å². The molecule has 1 aromatic rings. The van der Waals surface area contributed by atoms with Crippen molar-refractivity contribution in [3.63, 3.8) is 0 Å². The largest absolute Gasteiger partial charge is 0.222 e. The van der Waals surface area contributed by atoms with Crippen LogP contribution in [0.1, 0.15) is 37.8 Å². The van der Waals surface area contributed by atoms with E-state index in [1.54, 1.807) is 18.2 Å². The van der Waals surface area contributed by atoms with E-state index in [1.807, 2.05) is 27.7 Å². The Balaban J connectivity index is 2.49. The van der Waals surface area contributed by atoms with Crippen LogP contribution in [-0.4, -0.2) is 13.2 Å². The third-order valence-corrected chi connectivity index (χ3v) is 6.32. The molecule has 0 radical (unpaired) electrons. The number of aryl methyl sites for hydroxylation is 2. The molecule has 0 heterocycles. The van der Waals surface area contributed by atoms with E-state index in [0.29, 0.717) is 12.8 Å². The third-order valence-electron chi connectivity index (χ3n) is 4.04. The summed E-state index contributed by atoms with van der Waals surface area (Å²) in [6.07, 6.45) is 0.817. The van der Waals surface area contributed by atoms with Crippen LogP contribution in [0.5, 0.6) is 0 Å². The lowest BCUT2D eigenvalue weighted by Gasteiger charge is -2.47. The maximum absolute atomic E-state index is 12.7.